The first-order chi connectivity index (χ1) is 5.89. The van der Waals surface area contributed by atoms with Crippen molar-refractivity contribution in [2.45, 2.75) is 0 Å². The molecule has 0 radical (unpaired) electrons. The summed E-state index contributed by atoms with van der Waals surface area (Å²) >= 11 is 0. The van der Waals surface area contributed by atoms with Crippen molar-refractivity contribution in [3.8, 4) is 5.75 Å². The van der Waals surface area contributed by atoms with E-state index in [0.717, 1.165) is 0 Å². The molecule has 0 spiro atoms. The van der Waals surface area contributed by atoms with Gasteiger partial charge in [-0.25, -0.2) is 0 Å². The van der Waals surface area contributed by atoms with E-state index in [1.54, 1.807) is 24.3 Å². The molecule has 1 aromatic carbocycles. The zero-order chi connectivity index (χ0) is 8.65. The molecule has 0 amide bonds. The number of phenolic OH excluding ortho intramolecular Hbond substituents is 1. The van der Waals surface area contributed by atoms with Gasteiger partial charge in [0.25, 0.3) is 0 Å². The summed E-state index contributed by atoms with van der Waals surface area (Å²) in [5.74, 6) is 0.322. The fourth-order valence-electron chi connectivity index (χ4n) is 0.821. The van der Waals surface area contributed by atoms with Crippen LogP contribution in [0.3, 0.4) is 0 Å². The minimum absolute atomic E-state index is 0.182. The Hall–Kier alpha value is -1.28. The summed E-state index contributed by atoms with van der Waals surface area (Å²) < 4.78 is 0. The van der Waals surface area contributed by atoms with Crippen LogP contribution in [0.1, 0.15) is 0 Å². The molecular formula is C10H12OSi. The molecule has 2 heteroatoms. The van der Waals surface area contributed by atoms with E-state index in [1.807, 2.05) is 6.07 Å². The van der Waals surface area contributed by atoms with E-state index in [9.17, 15) is 0 Å². The summed E-state index contributed by atoms with van der Waals surface area (Å²) in [6, 6.07) is 8.71. The average molecular weight is 176 g/mol. The normalized spacial score (nSPS) is 12.3. The number of allylic oxidation sites excluding steroid dienone is 2. The van der Waals surface area contributed by atoms with Crippen LogP contribution in [0, 0.1) is 0 Å². The lowest BCUT2D eigenvalue weighted by Gasteiger charge is -1.82. The third kappa shape index (κ3) is 3.78. The molecular weight excluding hydrogens is 164 g/mol. The fraction of sp³-hybridized carbons (Fsp3) is 0. The number of phenols is 1. The highest BCUT2D eigenvalue weighted by molar-refractivity contribution is 6.49. The third-order valence-corrected chi connectivity index (χ3v) is 2.50. The van der Waals surface area contributed by atoms with E-state index < -0.39 is 0 Å². The molecule has 0 aliphatic carbocycles. The minimum atomic E-state index is 0.182. The summed E-state index contributed by atoms with van der Waals surface area (Å²) in [5, 5.41) is 8.63. The standard InChI is InChI=1S/C6H6O.C4H6Si/c7-6-4-2-1-3-5-6;1-2-4-5-3-1/h1-5,7H;1-4H,5H2. The van der Waals surface area contributed by atoms with Crippen LogP contribution in [0.5, 0.6) is 5.75 Å². The molecule has 1 aliphatic heterocycles. The van der Waals surface area contributed by atoms with Gasteiger partial charge in [-0.15, -0.1) is 0 Å². The highest BCUT2D eigenvalue weighted by Gasteiger charge is 1.75. The van der Waals surface area contributed by atoms with Crippen LogP contribution in [0.15, 0.2) is 53.9 Å². The predicted octanol–water partition coefficient (Wildman–Crippen LogP) is 1.59. The highest BCUT2D eigenvalue weighted by Crippen LogP contribution is 2.02. The van der Waals surface area contributed by atoms with Crippen LogP contribution in [0.25, 0.3) is 0 Å². The van der Waals surface area contributed by atoms with Gasteiger partial charge in [-0.05, 0) is 12.1 Å². The lowest BCUT2D eigenvalue weighted by molar-refractivity contribution is 0.475. The van der Waals surface area contributed by atoms with E-state index in [2.05, 4.69) is 23.6 Å². The first kappa shape index (κ1) is 8.81. The second kappa shape index (κ2) is 5.38. The molecule has 0 bridgehead atoms. The van der Waals surface area contributed by atoms with Gasteiger partial charge in [0.05, 0.1) is 9.52 Å². The second-order valence-electron chi connectivity index (χ2n) is 2.43. The average Bonchev–Trinajstić information content (AvgIpc) is 2.62. The van der Waals surface area contributed by atoms with Gasteiger partial charge < -0.3 is 5.11 Å². The van der Waals surface area contributed by atoms with Gasteiger partial charge in [0.15, 0.2) is 0 Å². The first-order valence-corrected chi connectivity index (χ1v) is 5.58. The quantitative estimate of drug-likeness (QED) is 0.595. The minimum Gasteiger partial charge on any atom is -0.508 e. The Morgan fingerprint density at radius 1 is 0.917 bits per heavy atom. The molecule has 1 aliphatic rings. The van der Waals surface area contributed by atoms with Crippen molar-refractivity contribution in [3.05, 3.63) is 53.9 Å². The van der Waals surface area contributed by atoms with Crippen LogP contribution in [0.4, 0.5) is 0 Å². The van der Waals surface area contributed by atoms with Gasteiger partial charge in [0, 0.05) is 0 Å². The van der Waals surface area contributed by atoms with Gasteiger partial charge in [0.1, 0.15) is 5.75 Å². The van der Waals surface area contributed by atoms with Crippen molar-refractivity contribution in [1.82, 2.24) is 0 Å². The van der Waals surface area contributed by atoms with Crippen molar-refractivity contribution < 1.29 is 5.11 Å². The monoisotopic (exact) mass is 176 g/mol. The Labute approximate surface area is 74.9 Å². The summed E-state index contributed by atoms with van der Waals surface area (Å²) in [4.78, 5) is 0. The van der Waals surface area contributed by atoms with Crippen molar-refractivity contribution in [2.75, 3.05) is 0 Å². The van der Waals surface area contributed by atoms with E-state index in [4.69, 9.17) is 5.11 Å². The molecule has 1 aromatic rings. The molecule has 0 unspecified atom stereocenters. The molecule has 12 heavy (non-hydrogen) atoms. The Bertz CT molecular complexity index is 254. The molecule has 0 aromatic heterocycles. The molecule has 2 rings (SSSR count). The Morgan fingerprint density at radius 2 is 1.50 bits per heavy atom. The molecule has 0 atom stereocenters. The summed E-state index contributed by atoms with van der Waals surface area (Å²) in [5.41, 5.74) is 4.53. The first-order valence-electron chi connectivity index (χ1n) is 3.95. The van der Waals surface area contributed by atoms with Gasteiger partial charge >= 0.3 is 0 Å². The van der Waals surface area contributed by atoms with Gasteiger partial charge in [-0.1, -0.05) is 41.7 Å². The zero-order valence-corrected chi connectivity index (χ0v) is 8.26. The Kier molecular flexibility index (Phi) is 3.95. The number of aromatic hydroxyl groups is 1. The number of hydrogen-bond donors (Lipinski definition) is 1. The zero-order valence-electron chi connectivity index (χ0n) is 6.85. The van der Waals surface area contributed by atoms with E-state index in [0.29, 0.717) is 5.75 Å². The van der Waals surface area contributed by atoms with E-state index in [-0.39, 0.29) is 9.52 Å². The summed E-state index contributed by atoms with van der Waals surface area (Å²) in [6.45, 7) is 0. The number of hydrogen-bond acceptors (Lipinski definition) is 1. The maximum absolute atomic E-state index is 8.63. The van der Waals surface area contributed by atoms with Crippen LogP contribution in [-0.2, 0) is 0 Å². The molecule has 1 nitrogen and oxygen atoms in total. The topological polar surface area (TPSA) is 20.2 Å². The van der Waals surface area contributed by atoms with Crippen molar-refractivity contribution >= 4 is 9.52 Å². The maximum Gasteiger partial charge on any atom is 0.115 e. The number of para-hydroxylation sites is 1. The van der Waals surface area contributed by atoms with Crippen molar-refractivity contribution in [3.63, 3.8) is 0 Å². The molecule has 62 valence electrons. The van der Waals surface area contributed by atoms with Gasteiger partial charge in [-0.2, -0.15) is 0 Å². The largest absolute Gasteiger partial charge is 0.508 e. The van der Waals surface area contributed by atoms with Crippen LogP contribution in [-0.4, -0.2) is 14.6 Å². The van der Waals surface area contributed by atoms with Crippen molar-refractivity contribution in [2.24, 2.45) is 0 Å². The Balaban J connectivity index is 0.000000127. The van der Waals surface area contributed by atoms with E-state index in [1.165, 1.54) is 0 Å². The SMILES string of the molecule is C1=C[SiH2]C=C1.Oc1ccccc1. The lowest BCUT2D eigenvalue weighted by Crippen LogP contribution is -1.63. The Morgan fingerprint density at radius 3 is 1.75 bits per heavy atom. The lowest BCUT2D eigenvalue weighted by atomic mass is 10.3. The number of rotatable bonds is 0. The van der Waals surface area contributed by atoms with Crippen LogP contribution < -0.4 is 0 Å². The van der Waals surface area contributed by atoms with E-state index >= 15 is 0 Å². The predicted molar refractivity (Wildman–Crippen MR) is 54.9 cm³/mol. The smallest absolute Gasteiger partial charge is 0.115 e. The number of benzene rings is 1. The molecule has 1 heterocycles. The van der Waals surface area contributed by atoms with Crippen LogP contribution in [0.2, 0.25) is 0 Å². The summed E-state index contributed by atoms with van der Waals surface area (Å²) in [6.07, 6.45) is 4.23. The molecule has 0 saturated heterocycles. The van der Waals surface area contributed by atoms with Crippen LogP contribution >= 0.6 is 0 Å². The fourth-order valence-corrected chi connectivity index (χ4v) is 1.61. The molecule has 0 saturated carbocycles. The highest BCUT2D eigenvalue weighted by atomic mass is 28.2. The van der Waals surface area contributed by atoms with Gasteiger partial charge in [0.2, 0.25) is 0 Å². The molecule has 1 N–H and O–H groups in total. The molecule has 0 fully saturated rings. The third-order valence-electron chi connectivity index (χ3n) is 1.41. The maximum atomic E-state index is 8.63. The second-order valence-corrected chi connectivity index (χ2v) is 3.84. The van der Waals surface area contributed by atoms with Gasteiger partial charge in [-0.3, -0.25) is 0 Å². The van der Waals surface area contributed by atoms with Crippen molar-refractivity contribution in [1.29, 1.82) is 0 Å². The summed E-state index contributed by atoms with van der Waals surface area (Å²) in [7, 11) is 0.182.